The average Bonchev–Trinajstić information content (AvgIpc) is 1.85. The van der Waals surface area contributed by atoms with Crippen molar-refractivity contribution in [3.63, 3.8) is 0 Å². The Morgan fingerprint density at radius 2 is 2.11 bits per heavy atom. The quantitative estimate of drug-likeness (QED) is 0.495. The first kappa shape index (κ1) is 8.74. The lowest BCUT2D eigenvalue weighted by Gasteiger charge is -2.05. The van der Waals surface area contributed by atoms with E-state index in [-0.39, 0.29) is 0 Å². The molecule has 0 aliphatic rings. The van der Waals surface area contributed by atoms with Crippen LogP contribution in [0.25, 0.3) is 0 Å². The number of hydrogen-bond donors (Lipinski definition) is 0. The highest BCUT2D eigenvalue weighted by Gasteiger charge is 1.96. The molecule has 1 atom stereocenters. The van der Waals surface area contributed by atoms with Gasteiger partial charge in [0.2, 0.25) is 0 Å². The molecule has 0 heteroatoms. The Kier molecular flexibility index (Phi) is 5.70. The smallest absolute Gasteiger partial charge is 0.0351 e. The average molecular weight is 125 g/mol. The van der Waals surface area contributed by atoms with E-state index in [2.05, 4.69) is 20.4 Å². The van der Waals surface area contributed by atoms with Gasteiger partial charge in [-0.05, 0) is 18.8 Å². The fourth-order valence-corrected chi connectivity index (χ4v) is 0.895. The molecule has 0 fully saturated rings. The highest BCUT2D eigenvalue weighted by Crippen LogP contribution is 2.11. The third-order valence-electron chi connectivity index (χ3n) is 1.56. The molecule has 0 saturated heterocycles. The molecule has 0 aromatic carbocycles. The van der Waals surface area contributed by atoms with E-state index in [1.807, 2.05) is 6.08 Å². The van der Waals surface area contributed by atoms with Gasteiger partial charge in [-0.3, -0.25) is 0 Å². The molecular weight excluding hydrogens is 108 g/mol. The van der Waals surface area contributed by atoms with Gasteiger partial charge >= 0.3 is 0 Å². The molecule has 0 amide bonds. The Balaban J connectivity index is 3.04. The summed E-state index contributed by atoms with van der Waals surface area (Å²) in [6.45, 7) is 9.76. The first-order valence-corrected chi connectivity index (χ1v) is 3.71. The predicted octanol–water partition coefficient (Wildman–Crippen LogP) is 3.20. The minimum atomic E-state index is 0.834. The van der Waals surface area contributed by atoms with Crippen molar-refractivity contribution >= 4 is 0 Å². The molecule has 1 unspecified atom stereocenters. The van der Waals surface area contributed by atoms with Gasteiger partial charge in [0.05, 0.1) is 0 Å². The SMILES string of the molecule is [CH2]CCC(C)CCC=C. The first-order valence-electron chi connectivity index (χ1n) is 3.71. The lowest BCUT2D eigenvalue weighted by Crippen LogP contribution is -1.91. The van der Waals surface area contributed by atoms with Crippen LogP contribution >= 0.6 is 0 Å². The minimum absolute atomic E-state index is 0.834. The van der Waals surface area contributed by atoms with Crippen LogP contribution in [0.3, 0.4) is 0 Å². The molecule has 9 heavy (non-hydrogen) atoms. The van der Waals surface area contributed by atoms with Crippen LogP contribution in [0.2, 0.25) is 0 Å². The molecule has 0 heterocycles. The summed E-state index contributed by atoms with van der Waals surface area (Å²) in [5.41, 5.74) is 0. The molecule has 0 bridgehead atoms. The van der Waals surface area contributed by atoms with Crippen molar-refractivity contribution in [2.45, 2.75) is 32.6 Å². The summed E-state index contributed by atoms with van der Waals surface area (Å²) < 4.78 is 0. The van der Waals surface area contributed by atoms with E-state index in [1.54, 1.807) is 0 Å². The van der Waals surface area contributed by atoms with Crippen LogP contribution in [0.1, 0.15) is 32.6 Å². The van der Waals surface area contributed by atoms with Gasteiger partial charge in [0.1, 0.15) is 0 Å². The van der Waals surface area contributed by atoms with Crippen molar-refractivity contribution in [1.82, 2.24) is 0 Å². The van der Waals surface area contributed by atoms with E-state index in [4.69, 9.17) is 0 Å². The van der Waals surface area contributed by atoms with Crippen LogP contribution in [0.5, 0.6) is 0 Å². The highest BCUT2D eigenvalue weighted by atomic mass is 14.0. The van der Waals surface area contributed by atoms with Gasteiger partial charge in [-0.25, -0.2) is 0 Å². The molecular formula is C9H17. The van der Waals surface area contributed by atoms with Crippen molar-refractivity contribution in [3.05, 3.63) is 19.6 Å². The molecule has 0 aromatic rings. The second-order valence-electron chi connectivity index (χ2n) is 2.61. The van der Waals surface area contributed by atoms with Crippen LogP contribution in [-0.2, 0) is 0 Å². The maximum absolute atomic E-state index is 3.81. The Hall–Kier alpha value is -0.260. The van der Waals surface area contributed by atoms with Gasteiger partial charge < -0.3 is 0 Å². The molecule has 1 radical (unpaired) electrons. The van der Waals surface area contributed by atoms with Gasteiger partial charge in [0.25, 0.3) is 0 Å². The van der Waals surface area contributed by atoms with Gasteiger partial charge in [0.15, 0.2) is 0 Å². The zero-order valence-corrected chi connectivity index (χ0v) is 6.40. The van der Waals surface area contributed by atoms with Crippen molar-refractivity contribution in [1.29, 1.82) is 0 Å². The fraction of sp³-hybridized carbons (Fsp3) is 0.667. The normalized spacial score (nSPS) is 13.1. The summed E-state index contributed by atoms with van der Waals surface area (Å²) in [7, 11) is 0. The molecule has 0 aliphatic heterocycles. The summed E-state index contributed by atoms with van der Waals surface area (Å²) in [6, 6.07) is 0. The van der Waals surface area contributed by atoms with Crippen LogP contribution in [0, 0.1) is 12.8 Å². The van der Waals surface area contributed by atoms with Crippen LogP contribution < -0.4 is 0 Å². The van der Waals surface area contributed by atoms with Gasteiger partial charge in [-0.15, -0.1) is 6.58 Å². The molecule has 53 valence electrons. The largest absolute Gasteiger partial charge is 0.103 e. The topological polar surface area (TPSA) is 0 Å². The van der Waals surface area contributed by atoms with E-state index >= 15 is 0 Å². The van der Waals surface area contributed by atoms with E-state index in [1.165, 1.54) is 12.8 Å². The van der Waals surface area contributed by atoms with E-state index in [0.717, 1.165) is 18.8 Å². The Morgan fingerprint density at radius 3 is 2.56 bits per heavy atom. The van der Waals surface area contributed by atoms with Crippen molar-refractivity contribution in [3.8, 4) is 0 Å². The van der Waals surface area contributed by atoms with Gasteiger partial charge in [-0.2, -0.15) is 0 Å². The van der Waals surface area contributed by atoms with E-state index in [0.29, 0.717) is 0 Å². The van der Waals surface area contributed by atoms with Gasteiger partial charge in [-0.1, -0.05) is 32.8 Å². The molecule has 0 rings (SSSR count). The Bertz CT molecular complexity index is 64.4. The maximum atomic E-state index is 3.81. The number of allylic oxidation sites excluding steroid dienone is 1. The van der Waals surface area contributed by atoms with Crippen molar-refractivity contribution in [2.24, 2.45) is 5.92 Å². The van der Waals surface area contributed by atoms with E-state index in [9.17, 15) is 0 Å². The summed E-state index contributed by atoms with van der Waals surface area (Å²) in [4.78, 5) is 0. The summed E-state index contributed by atoms with van der Waals surface area (Å²) in [6.07, 6.45) is 6.74. The zero-order chi connectivity index (χ0) is 7.11. The Labute approximate surface area is 59.0 Å². The molecule has 0 N–H and O–H groups in total. The summed E-state index contributed by atoms with van der Waals surface area (Å²) in [5, 5.41) is 0. The number of rotatable bonds is 5. The standard InChI is InChI=1S/C9H17/c1-4-6-8-9(3)7-5-2/h4,9H,1-2,5-8H2,3H3. The lowest BCUT2D eigenvalue weighted by molar-refractivity contribution is 0.501. The molecule has 0 aliphatic carbocycles. The first-order chi connectivity index (χ1) is 4.31. The summed E-state index contributed by atoms with van der Waals surface area (Å²) in [5.74, 6) is 0.834. The third-order valence-corrected chi connectivity index (χ3v) is 1.56. The molecule has 0 nitrogen and oxygen atoms in total. The third kappa shape index (κ3) is 5.61. The molecule has 0 spiro atoms. The maximum Gasteiger partial charge on any atom is -0.0351 e. The minimum Gasteiger partial charge on any atom is -0.103 e. The van der Waals surface area contributed by atoms with Gasteiger partial charge in [0, 0.05) is 0 Å². The fourth-order valence-electron chi connectivity index (χ4n) is 0.895. The Morgan fingerprint density at radius 1 is 1.44 bits per heavy atom. The summed E-state index contributed by atoms with van der Waals surface area (Å²) >= 11 is 0. The highest BCUT2D eigenvalue weighted by molar-refractivity contribution is 4.68. The van der Waals surface area contributed by atoms with Crippen LogP contribution in [0.15, 0.2) is 12.7 Å². The molecule has 0 aromatic heterocycles. The molecule has 0 saturated carbocycles. The predicted molar refractivity (Wildman–Crippen MR) is 43.2 cm³/mol. The van der Waals surface area contributed by atoms with Crippen LogP contribution in [0.4, 0.5) is 0 Å². The zero-order valence-electron chi connectivity index (χ0n) is 6.40. The monoisotopic (exact) mass is 125 g/mol. The van der Waals surface area contributed by atoms with Crippen molar-refractivity contribution < 1.29 is 0 Å². The second-order valence-corrected chi connectivity index (χ2v) is 2.61. The van der Waals surface area contributed by atoms with Crippen molar-refractivity contribution in [2.75, 3.05) is 0 Å². The lowest BCUT2D eigenvalue weighted by atomic mass is 10.0. The van der Waals surface area contributed by atoms with E-state index < -0.39 is 0 Å². The van der Waals surface area contributed by atoms with Crippen LogP contribution in [-0.4, -0.2) is 0 Å². The second kappa shape index (κ2) is 5.87. The number of hydrogen-bond acceptors (Lipinski definition) is 0.